The molecule has 0 bridgehead atoms. The molecule has 2 aliphatic heterocycles. The lowest BCUT2D eigenvalue weighted by molar-refractivity contribution is -0.150. The number of esters is 1. The molecule has 144 valence electrons. The summed E-state index contributed by atoms with van der Waals surface area (Å²) in [6, 6.07) is 13.9. The number of benzene rings is 2. The van der Waals surface area contributed by atoms with Gasteiger partial charge in [0.15, 0.2) is 17.1 Å². The number of anilines is 1. The molecule has 0 spiro atoms. The van der Waals surface area contributed by atoms with Crippen molar-refractivity contribution in [1.82, 2.24) is 4.98 Å². The highest BCUT2D eigenvalue weighted by atomic mass is 16.7. The van der Waals surface area contributed by atoms with Crippen molar-refractivity contribution in [1.29, 1.82) is 0 Å². The third-order valence-electron chi connectivity index (χ3n) is 5.20. The van der Waals surface area contributed by atoms with E-state index in [1.807, 2.05) is 42.5 Å². The van der Waals surface area contributed by atoms with Gasteiger partial charge in [-0.25, -0.2) is 0 Å². The zero-order chi connectivity index (χ0) is 18.9. The fraction of sp³-hybridized carbons (Fsp3) is 0.333. The minimum Gasteiger partial charge on any atom is -0.461 e. The Morgan fingerprint density at radius 3 is 2.79 bits per heavy atom. The van der Waals surface area contributed by atoms with Gasteiger partial charge in [-0.15, -0.1) is 0 Å². The van der Waals surface area contributed by atoms with Gasteiger partial charge in [0.25, 0.3) is 6.01 Å². The number of piperidine rings is 1. The summed E-state index contributed by atoms with van der Waals surface area (Å²) in [6.45, 7) is 1.91. The molecule has 0 aliphatic carbocycles. The number of para-hydroxylation sites is 2. The van der Waals surface area contributed by atoms with Crippen LogP contribution in [0.5, 0.6) is 11.5 Å². The molecular formula is C21H20N2O5. The number of carbonyl (C=O) groups excluding carboxylic acids is 1. The third-order valence-corrected chi connectivity index (χ3v) is 5.20. The molecule has 2 aliphatic rings. The van der Waals surface area contributed by atoms with Crippen LogP contribution in [0, 0.1) is 5.92 Å². The summed E-state index contributed by atoms with van der Waals surface area (Å²) >= 11 is 0. The highest BCUT2D eigenvalue weighted by Crippen LogP contribution is 2.33. The fourth-order valence-corrected chi connectivity index (χ4v) is 3.60. The molecule has 7 nitrogen and oxygen atoms in total. The average molecular weight is 380 g/mol. The first kappa shape index (κ1) is 16.9. The summed E-state index contributed by atoms with van der Waals surface area (Å²) in [5.74, 6) is 1.16. The summed E-state index contributed by atoms with van der Waals surface area (Å²) in [4.78, 5) is 19.1. The van der Waals surface area contributed by atoms with Crippen LogP contribution in [0.2, 0.25) is 0 Å². The van der Waals surface area contributed by atoms with Gasteiger partial charge in [0.2, 0.25) is 6.79 Å². The summed E-state index contributed by atoms with van der Waals surface area (Å²) in [5.41, 5.74) is 2.52. The van der Waals surface area contributed by atoms with Gasteiger partial charge in [-0.3, -0.25) is 4.79 Å². The fourth-order valence-electron chi connectivity index (χ4n) is 3.60. The van der Waals surface area contributed by atoms with Gasteiger partial charge in [0.1, 0.15) is 12.1 Å². The highest BCUT2D eigenvalue weighted by Gasteiger charge is 2.28. The summed E-state index contributed by atoms with van der Waals surface area (Å²) in [7, 11) is 0. The molecule has 3 heterocycles. The lowest BCUT2D eigenvalue weighted by Gasteiger charge is -2.29. The highest BCUT2D eigenvalue weighted by molar-refractivity contribution is 5.75. The lowest BCUT2D eigenvalue weighted by Crippen LogP contribution is -2.37. The second kappa shape index (κ2) is 7.07. The molecule has 1 fully saturated rings. The van der Waals surface area contributed by atoms with Gasteiger partial charge in [-0.2, -0.15) is 4.98 Å². The summed E-state index contributed by atoms with van der Waals surface area (Å²) in [6.07, 6.45) is 1.44. The topological polar surface area (TPSA) is 74.0 Å². The number of carbonyl (C=O) groups is 1. The molecule has 28 heavy (non-hydrogen) atoms. The molecule has 0 amide bonds. The van der Waals surface area contributed by atoms with Gasteiger partial charge in [-0.1, -0.05) is 18.2 Å². The molecule has 5 rings (SSSR count). The van der Waals surface area contributed by atoms with Crippen LogP contribution in [0.4, 0.5) is 6.01 Å². The van der Waals surface area contributed by atoms with Crippen molar-refractivity contribution in [3.05, 3.63) is 48.0 Å². The van der Waals surface area contributed by atoms with Gasteiger partial charge in [0, 0.05) is 13.1 Å². The van der Waals surface area contributed by atoms with Gasteiger partial charge >= 0.3 is 5.97 Å². The second-order valence-electron chi connectivity index (χ2n) is 7.02. The van der Waals surface area contributed by atoms with Gasteiger partial charge in [0.05, 0.1) is 5.92 Å². The van der Waals surface area contributed by atoms with Crippen LogP contribution >= 0.6 is 0 Å². The Balaban J connectivity index is 1.15. The standard InChI is InChI=1S/C21H20N2O5/c24-20(25-12-14-5-6-18-19(11-14)27-13-26-18)15-7-9-23(10-8-15)21-22-16-3-1-2-4-17(16)28-21/h1-6,11,15H,7-10,12-13H2. The number of ether oxygens (including phenoxy) is 3. The van der Waals surface area contributed by atoms with Crippen molar-refractivity contribution in [2.24, 2.45) is 5.92 Å². The Morgan fingerprint density at radius 2 is 1.93 bits per heavy atom. The first-order chi connectivity index (χ1) is 13.8. The van der Waals surface area contributed by atoms with E-state index in [1.54, 1.807) is 0 Å². The van der Waals surface area contributed by atoms with E-state index in [0.29, 0.717) is 11.8 Å². The van der Waals surface area contributed by atoms with Crippen LogP contribution in [-0.4, -0.2) is 30.8 Å². The van der Waals surface area contributed by atoms with E-state index < -0.39 is 0 Å². The van der Waals surface area contributed by atoms with Crippen LogP contribution in [0.25, 0.3) is 11.1 Å². The maximum Gasteiger partial charge on any atom is 0.309 e. The average Bonchev–Trinajstić information content (AvgIpc) is 3.38. The van der Waals surface area contributed by atoms with Crippen molar-refractivity contribution in [3.8, 4) is 11.5 Å². The van der Waals surface area contributed by atoms with Crippen LogP contribution in [0.1, 0.15) is 18.4 Å². The number of aromatic nitrogens is 1. The number of rotatable bonds is 4. The minimum atomic E-state index is -0.158. The smallest absolute Gasteiger partial charge is 0.309 e. The molecule has 3 aromatic rings. The van der Waals surface area contributed by atoms with E-state index in [9.17, 15) is 4.79 Å². The van der Waals surface area contributed by atoms with Crippen molar-refractivity contribution in [2.75, 3.05) is 24.8 Å². The predicted molar refractivity (Wildman–Crippen MR) is 101 cm³/mol. The van der Waals surface area contributed by atoms with Gasteiger partial charge in [-0.05, 0) is 42.7 Å². The molecule has 0 unspecified atom stereocenters. The van der Waals surface area contributed by atoms with Crippen LogP contribution in [0.15, 0.2) is 46.9 Å². The summed E-state index contributed by atoms with van der Waals surface area (Å²) < 4.78 is 22.0. The molecule has 0 saturated carbocycles. The van der Waals surface area contributed by atoms with Crippen LogP contribution < -0.4 is 14.4 Å². The largest absolute Gasteiger partial charge is 0.461 e. The first-order valence-corrected chi connectivity index (χ1v) is 9.42. The predicted octanol–water partition coefficient (Wildman–Crippen LogP) is 3.52. The molecular weight excluding hydrogens is 360 g/mol. The quantitative estimate of drug-likeness (QED) is 0.641. The molecule has 7 heteroatoms. The van der Waals surface area contributed by atoms with Crippen LogP contribution in [0.3, 0.4) is 0 Å². The van der Waals surface area contributed by atoms with Crippen molar-refractivity contribution < 1.29 is 23.4 Å². The number of oxazole rings is 1. The van der Waals surface area contributed by atoms with E-state index in [-0.39, 0.29) is 25.3 Å². The van der Waals surface area contributed by atoms with E-state index in [2.05, 4.69) is 9.88 Å². The number of hydrogen-bond acceptors (Lipinski definition) is 7. The van der Waals surface area contributed by atoms with E-state index >= 15 is 0 Å². The monoisotopic (exact) mass is 380 g/mol. The Labute approximate surface area is 161 Å². The molecule has 1 saturated heterocycles. The Bertz CT molecular complexity index is 974. The minimum absolute atomic E-state index is 0.102. The Hall–Kier alpha value is -3.22. The van der Waals surface area contributed by atoms with E-state index in [1.165, 1.54) is 0 Å². The first-order valence-electron chi connectivity index (χ1n) is 9.42. The lowest BCUT2D eigenvalue weighted by atomic mass is 9.97. The molecule has 0 N–H and O–H groups in total. The maximum absolute atomic E-state index is 12.5. The zero-order valence-corrected chi connectivity index (χ0v) is 15.3. The van der Waals surface area contributed by atoms with E-state index in [4.69, 9.17) is 18.6 Å². The van der Waals surface area contributed by atoms with Crippen molar-refractivity contribution in [3.63, 3.8) is 0 Å². The SMILES string of the molecule is O=C(OCc1ccc2c(c1)OCO2)C1CCN(c2nc3ccccc3o2)CC1. The molecule has 1 aromatic heterocycles. The Morgan fingerprint density at radius 1 is 1.11 bits per heavy atom. The molecule has 0 radical (unpaired) electrons. The zero-order valence-electron chi connectivity index (χ0n) is 15.3. The van der Waals surface area contributed by atoms with Crippen molar-refractivity contribution >= 4 is 23.1 Å². The molecule has 2 aromatic carbocycles. The van der Waals surface area contributed by atoms with Crippen molar-refractivity contribution in [2.45, 2.75) is 19.4 Å². The second-order valence-corrected chi connectivity index (χ2v) is 7.02. The number of nitrogens with zero attached hydrogens (tertiary/aromatic N) is 2. The normalized spacial score (nSPS) is 16.5. The molecule has 0 atom stereocenters. The van der Waals surface area contributed by atoms with Gasteiger partial charge < -0.3 is 23.5 Å². The van der Waals surface area contributed by atoms with E-state index in [0.717, 1.165) is 48.3 Å². The van der Waals surface area contributed by atoms with Crippen LogP contribution in [-0.2, 0) is 16.1 Å². The Kier molecular flexibility index (Phi) is 4.27. The summed E-state index contributed by atoms with van der Waals surface area (Å²) in [5, 5.41) is 0. The number of fused-ring (bicyclic) bond motifs is 2. The number of hydrogen-bond donors (Lipinski definition) is 0. The third kappa shape index (κ3) is 3.24. The maximum atomic E-state index is 12.5.